The van der Waals surface area contributed by atoms with Crippen molar-refractivity contribution in [2.75, 3.05) is 13.2 Å². The zero-order chi connectivity index (χ0) is 8.91. The molecule has 0 unspecified atom stereocenters. The Bertz CT molecular complexity index is 133. The third kappa shape index (κ3) is 4.07. The fraction of sp³-hybridized carbons (Fsp3) is 0.750. The van der Waals surface area contributed by atoms with E-state index < -0.39 is 5.54 Å². The first-order valence-corrected chi connectivity index (χ1v) is 3.73. The molecule has 0 aromatic carbocycles. The summed E-state index contributed by atoms with van der Waals surface area (Å²) in [6.45, 7) is 5.59. The Kier molecular flexibility index (Phi) is 7.73. The van der Waals surface area contributed by atoms with Crippen LogP contribution in [-0.4, -0.2) is 29.0 Å². The fourth-order valence-electron chi connectivity index (χ4n) is 0.951. The molecule has 0 aliphatic carbocycles. The second-order valence-electron chi connectivity index (χ2n) is 2.88. The van der Waals surface area contributed by atoms with Crippen LogP contribution in [0.25, 0.3) is 0 Å². The SMILES string of the molecule is C=C(C)C(N)(CCO)CCO.Cl. The molecule has 0 bridgehead atoms. The summed E-state index contributed by atoms with van der Waals surface area (Å²) in [6.07, 6.45) is 0.922. The molecule has 0 heterocycles. The number of hydrogen-bond acceptors (Lipinski definition) is 3. The highest BCUT2D eigenvalue weighted by Gasteiger charge is 2.24. The first-order valence-electron chi connectivity index (χ1n) is 3.73. The van der Waals surface area contributed by atoms with E-state index in [1.54, 1.807) is 0 Å². The Balaban J connectivity index is 0. The lowest BCUT2D eigenvalue weighted by Gasteiger charge is -2.28. The summed E-state index contributed by atoms with van der Waals surface area (Å²) in [4.78, 5) is 0. The van der Waals surface area contributed by atoms with Crippen LogP contribution in [-0.2, 0) is 0 Å². The monoisotopic (exact) mass is 195 g/mol. The highest BCUT2D eigenvalue weighted by atomic mass is 35.5. The van der Waals surface area contributed by atoms with Gasteiger partial charge in [-0.1, -0.05) is 12.2 Å². The second kappa shape index (κ2) is 6.43. The van der Waals surface area contributed by atoms with Crippen molar-refractivity contribution in [3.63, 3.8) is 0 Å². The predicted octanol–water partition coefficient (Wildman–Crippen LogP) is 0.447. The normalized spacial score (nSPS) is 10.7. The van der Waals surface area contributed by atoms with Crippen LogP contribution in [0.15, 0.2) is 12.2 Å². The molecule has 4 N–H and O–H groups in total. The van der Waals surface area contributed by atoms with Gasteiger partial charge in [0.2, 0.25) is 0 Å². The van der Waals surface area contributed by atoms with Crippen LogP contribution in [0.3, 0.4) is 0 Å². The molecule has 0 atom stereocenters. The largest absolute Gasteiger partial charge is 0.396 e. The quantitative estimate of drug-likeness (QED) is 0.558. The Hall–Kier alpha value is -0.0900. The summed E-state index contributed by atoms with van der Waals surface area (Å²) in [7, 11) is 0. The fourth-order valence-corrected chi connectivity index (χ4v) is 0.951. The molecule has 0 amide bonds. The van der Waals surface area contributed by atoms with E-state index in [4.69, 9.17) is 15.9 Å². The smallest absolute Gasteiger partial charge is 0.0451 e. The standard InChI is InChI=1S/C8H17NO2.ClH/c1-7(2)8(9,3-5-10)4-6-11;/h10-11H,1,3-6,9H2,2H3;1H. The summed E-state index contributed by atoms with van der Waals surface area (Å²) in [5, 5.41) is 17.3. The van der Waals surface area contributed by atoms with Gasteiger partial charge in [0.1, 0.15) is 0 Å². The van der Waals surface area contributed by atoms with Crippen LogP contribution >= 0.6 is 12.4 Å². The van der Waals surface area contributed by atoms with Gasteiger partial charge in [-0.05, 0) is 19.8 Å². The summed E-state index contributed by atoms with van der Waals surface area (Å²) < 4.78 is 0. The van der Waals surface area contributed by atoms with Gasteiger partial charge in [-0.2, -0.15) is 0 Å². The van der Waals surface area contributed by atoms with Crippen molar-refractivity contribution in [2.24, 2.45) is 5.73 Å². The minimum atomic E-state index is -0.594. The van der Waals surface area contributed by atoms with Gasteiger partial charge in [0, 0.05) is 18.8 Å². The first kappa shape index (κ1) is 14.4. The number of aliphatic hydroxyl groups excluding tert-OH is 2. The van der Waals surface area contributed by atoms with Crippen molar-refractivity contribution in [1.29, 1.82) is 0 Å². The molecule has 12 heavy (non-hydrogen) atoms. The van der Waals surface area contributed by atoms with E-state index in [0.29, 0.717) is 12.8 Å². The van der Waals surface area contributed by atoms with Gasteiger partial charge >= 0.3 is 0 Å². The molecule has 0 radical (unpaired) electrons. The Morgan fingerprint density at radius 2 is 1.67 bits per heavy atom. The number of rotatable bonds is 5. The lowest BCUT2D eigenvalue weighted by molar-refractivity contribution is 0.211. The summed E-state index contributed by atoms with van der Waals surface area (Å²) >= 11 is 0. The van der Waals surface area contributed by atoms with Gasteiger partial charge in [0.25, 0.3) is 0 Å². The lowest BCUT2D eigenvalue weighted by atomic mass is 9.86. The maximum absolute atomic E-state index is 8.67. The molecule has 0 saturated heterocycles. The van der Waals surface area contributed by atoms with Crippen LogP contribution in [0.4, 0.5) is 0 Å². The van der Waals surface area contributed by atoms with E-state index in [1.165, 1.54) is 0 Å². The van der Waals surface area contributed by atoms with Gasteiger partial charge < -0.3 is 15.9 Å². The second-order valence-corrected chi connectivity index (χ2v) is 2.88. The van der Waals surface area contributed by atoms with Crippen molar-refractivity contribution in [2.45, 2.75) is 25.3 Å². The van der Waals surface area contributed by atoms with Crippen molar-refractivity contribution in [3.05, 3.63) is 12.2 Å². The molecule has 0 aliphatic rings. The van der Waals surface area contributed by atoms with Crippen LogP contribution < -0.4 is 5.73 Å². The molecule has 0 rings (SSSR count). The minimum absolute atomic E-state index is 0. The van der Waals surface area contributed by atoms with Crippen LogP contribution in [0.2, 0.25) is 0 Å². The molecule has 4 heteroatoms. The first-order chi connectivity index (χ1) is 5.06. The Morgan fingerprint density at radius 1 is 1.33 bits per heavy atom. The van der Waals surface area contributed by atoms with E-state index in [9.17, 15) is 0 Å². The number of hydrogen-bond donors (Lipinski definition) is 3. The zero-order valence-corrected chi connectivity index (χ0v) is 8.23. The summed E-state index contributed by atoms with van der Waals surface area (Å²) in [5.74, 6) is 0. The molecule has 0 spiro atoms. The van der Waals surface area contributed by atoms with E-state index in [1.807, 2.05) is 6.92 Å². The molecular formula is C8H18ClNO2. The van der Waals surface area contributed by atoms with Crippen LogP contribution in [0, 0.1) is 0 Å². The maximum Gasteiger partial charge on any atom is 0.0451 e. The van der Waals surface area contributed by atoms with Crippen molar-refractivity contribution in [3.8, 4) is 0 Å². The third-order valence-electron chi connectivity index (χ3n) is 1.97. The molecule has 3 nitrogen and oxygen atoms in total. The van der Waals surface area contributed by atoms with E-state index in [2.05, 4.69) is 6.58 Å². The highest BCUT2D eigenvalue weighted by molar-refractivity contribution is 5.85. The van der Waals surface area contributed by atoms with Gasteiger partial charge in [0.05, 0.1) is 0 Å². The molecular weight excluding hydrogens is 178 g/mol. The number of nitrogens with two attached hydrogens (primary N) is 1. The van der Waals surface area contributed by atoms with E-state index >= 15 is 0 Å². The van der Waals surface area contributed by atoms with Crippen molar-refractivity contribution < 1.29 is 10.2 Å². The van der Waals surface area contributed by atoms with E-state index in [-0.39, 0.29) is 25.6 Å². The Morgan fingerprint density at radius 3 is 1.83 bits per heavy atom. The van der Waals surface area contributed by atoms with Crippen molar-refractivity contribution in [1.82, 2.24) is 0 Å². The van der Waals surface area contributed by atoms with Gasteiger partial charge in [0.15, 0.2) is 0 Å². The van der Waals surface area contributed by atoms with Crippen molar-refractivity contribution >= 4 is 12.4 Å². The third-order valence-corrected chi connectivity index (χ3v) is 1.97. The molecule has 0 aromatic heterocycles. The average molecular weight is 196 g/mol. The number of halogens is 1. The predicted molar refractivity (Wildman–Crippen MR) is 52.4 cm³/mol. The topological polar surface area (TPSA) is 66.5 Å². The summed E-state index contributed by atoms with van der Waals surface area (Å²) in [5.41, 5.74) is 6.05. The minimum Gasteiger partial charge on any atom is -0.396 e. The van der Waals surface area contributed by atoms with E-state index in [0.717, 1.165) is 5.57 Å². The lowest BCUT2D eigenvalue weighted by Crippen LogP contribution is -2.42. The van der Waals surface area contributed by atoms with Gasteiger partial charge in [-0.3, -0.25) is 0 Å². The summed E-state index contributed by atoms with van der Waals surface area (Å²) in [6, 6.07) is 0. The highest BCUT2D eigenvalue weighted by Crippen LogP contribution is 2.19. The zero-order valence-electron chi connectivity index (χ0n) is 7.42. The molecule has 0 aromatic rings. The molecule has 0 aliphatic heterocycles. The van der Waals surface area contributed by atoms with Gasteiger partial charge in [-0.25, -0.2) is 0 Å². The van der Waals surface area contributed by atoms with Crippen LogP contribution in [0.1, 0.15) is 19.8 Å². The molecule has 0 saturated carbocycles. The van der Waals surface area contributed by atoms with Crippen LogP contribution in [0.5, 0.6) is 0 Å². The number of aliphatic hydroxyl groups is 2. The van der Waals surface area contributed by atoms with Gasteiger partial charge in [-0.15, -0.1) is 12.4 Å². The maximum atomic E-state index is 8.67. The molecule has 74 valence electrons. The Labute approximate surface area is 79.7 Å². The average Bonchev–Trinajstić information content (AvgIpc) is 1.88. The molecule has 0 fully saturated rings.